The molecule has 2 fully saturated rings. The largest absolute Gasteiger partial charge is 0.343 e. The summed E-state index contributed by atoms with van der Waals surface area (Å²) in [5.41, 5.74) is 2.11. The zero-order valence-electron chi connectivity index (χ0n) is 13.4. The molecule has 2 amide bonds. The molecule has 0 aromatic carbocycles. The number of rotatable bonds is 2. The fourth-order valence-corrected chi connectivity index (χ4v) is 3.59. The Hall–Kier alpha value is -1.98. The van der Waals surface area contributed by atoms with Crippen LogP contribution in [-0.2, 0) is 11.2 Å². The molecule has 22 heavy (non-hydrogen) atoms. The predicted molar refractivity (Wildman–Crippen MR) is 81.3 cm³/mol. The molecule has 3 heterocycles. The number of carbonyl (C=O) groups is 2. The van der Waals surface area contributed by atoms with Crippen LogP contribution in [0.1, 0.15) is 41.5 Å². The number of likely N-dealkylation sites (tertiary alicyclic amines) is 2. The van der Waals surface area contributed by atoms with Gasteiger partial charge in [0.25, 0.3) is 5.91 Å². The Kier molecular flexibility index (Phi) is 3.85. The first kappa shape index (κ1) is 14.9. The summed E-state index contributed by atoms with van der Waals surface area (Å²) >= 11 is 0. The number of amides is 2. The minimum atomic E-state index is -0.0383. The zero-order chi connectivity index (χ0) is 15.9. The minimum Gasteiger partial charge on any atom is -0.343 e. The summed E-state index contributed by atoms with van der Waals surface area (Å²) in [7, 11) is 1.82. The van der Waals surface area contributed by atoms with Gasteiger partial charge in [-0.15, -0.1) is 0 Å². The van der Waals surface area contributed by atoms with E-state index in [1.165, 1.54) is 0 Å². The summed E-state index contributed by atoms with van der Waals surface area (Å²) in [4.78, 5) is 28.8. The summed E-state index contributed by atoms with van der Waals surface area (Å²) in [5.74, 6) is 0.124. The minimum absolute atomic E-state index is 0.00284. The van der Waals surface area contributed by atoms with E-state index in [0.29, 0.717) is 25.1 Å². The van der Waals surface area contributed by atoms with Crippen LogP contribution in [0.4, 0.5) is 0 Å². The first-order valence-electron chi connectivity index (χ1n) is 7.92. The van der Waals surface area contributed by atoms with Crippen molar-refractivity contribution in [1.29, 1.82) is 0 Å². The quantitative estimate of drug-likeness (QED) is 0.819. The number of piperidine rings is 1. The van der Waals surface area contributed by atoms with E-state index in [0.717, 1.165) is 24.2 Å². The van der Waals surface area contributed by atoms with E-state index in [-0.39, 0.29) is 23.8 Å². The van der Waals surface area contributed by atoms with Crippen LogP contribution in [0.2, 0.25) is 0 Å². The molecule has 0 aliphatic carbocycles. The number of hydrogen-bond donors (Lipinski definition) is 0. The van der Waals surface area contributed by atoms with E-state index in [2.05, 4.69) is 10.2 Å². The van der Waals surface area contributed by atoms with Gasteiger partial charge in [-0.3, -0.25) is 9.59 Å². The lowest BCUT2D eigenvalue weighted by Crippen LogP contribution is -2.49. The van der Waals surface area contributed by atoms with Gasteiger partial charge in [0.15, 0.2) is 0 Å². The van der Waals surface area contributed by atoms with E-state index in [1.807, 2.05) is 31.9 Å². The molecular weight excluding hydrogens is 280 g/mol. The Morgan fingerprint density at radius 2 is 2.18 bits per heavy atom. The monoisotopic (exact) mass is 302 g/mol. The van der Waals surface area contributed by atoms with Gasteiger partial charge < -0.3 is 9.80 Å². The van der Waals surface area contributed by atoms with Crippen LogP contribution in [0, 0.1) is 12.8 Å². The van der Waals surface area contributed by atoms with Gasteiger partial charge in [-0.1, -0.05) is 6.92 Å². The Balaban J connectivity index is 1.92. The molecule has 0 saturated carbocycles. The number of likely N-dealkylation sites (N-methyl/N-ethyl adjacent to an activating group) is 1. The van der Waals surface area contributed by atoms with E-state index in [4.69, 9.17) is 0 Å². The average Bonchev–Trinajstić information content (AvgIpc) is 2.81. The van der Waals surface area contributed by atoms with Gasteiger partial charge in [0.1, 0.15) is 0 Å². The molecule has 2 aliphatic rings. The summed E-state index contributed by atoms with van der Waals surface area (Å²) in [6, 6.07) is 1.81. The molecule has 118 valence electrons. The molecular formula is C16H22N4O2. The molecule has 2 saturated heterocycles. The molecule has 6 nitrogen and oxygen atoms in total. The van der Waals surface area contributed by atoms with Gasteiger partial charge in [-0.2, -0.15) is 10.2 Å². The molecule has 1 aromatic heterocycles. The van der Waals surface area contributed by atoms with Crippen molar-refractivity contribution in [3.05, 3.63) is 23.0 Å². The second-order valence-electron chi connectivity index (χ2n) is 6.23. The van der Waals surface area contributed by atoms with Crippen LogP contribution < -0.4 is 0 Å². The van der Waals surface area contributed by atoms with Crippen LogP contribution in [0.3, 0.4) is 0 Å². The van der Waals surface area contributed by atoms with E-state index >= 15 is 0 Å². The lowest BCUT2D eigenvalue weighted by Gasteiger charge is -2.36. The highest BCUT2D eigenvalue weighted by Gasteiger charge is 2.45. The van der Waals surface area contributed by atoms with Crippen molar-refractivity contribution < 1.29 is 9.59 Å². The lowest BCUT2D eigenvalue weighted by molar-refractivity contribution is -0.130. The summed E-state index contributed by atoms with van der Waals surface area (Å²) < 4.78 is 0. The van der Waals surface area contributed by atoms with Crippen LogP contribution in [0.15, 0.2) is 6.07 Å². The molecule has 0 bridgehead atoms. The van der Waals surface area contributed by atoms with Crippen molar-refractivity contribution in [3.63, 3.8) is 0 Å². The highest BCUT2D eigenvalue weighted by Crippen LogP contribution is 2.32. The van der Waals surface area contributed by atoms with Gasteiger partial charge in [0.05, 0.1) is 28.9 Å². The van der Waals surface area contributed by atoms with E-state index in [1.54, 1.807) is 4.90 Å². The number of fused-ring (bicyclic) bond motifs is 1. The van der Waals surface area contributed by atoms with Gasteiger partial charge in [0.2, 0.25) is 5.91 Å². The maximum Gasteiger partial charge on any atom is 0.256 e. The summed E-state index contributed by atoms with van der Waals surface area (Å²) in [6.45, 7) is 5.16. The zero-order valence-corrected chi connectivity index (χ0v) is 13.4. The van der Waals surface area contributed by atoms with Crippen molar-refractivity contribution in [2.45, 2.75) is 39.2 Å². The number of carbonyl (C=O) groups excluding carboxylic acids is 2. The smallest absolute Gasteiger partial charge is 0.256 e. The van der Waals surface area contributed by atoms with E-state index in [9.17, 15) is 9.59 Å². The van der Waals surface area contributed by atoms with Gasteiger partial charge in [0, 0.05) is 20.1 Å². The SMILES string of the molecule is CCc1nnc(C)cc1C(=O)N1CCC[C@H]2C(=O)N(C)C[C@H]21. The van der Waals surface area contributed by atoms with Gasteiger partial charge in [-0.05, 0) is 32.3 Å². The third-order valence-electron chi connectivity index (χ3n) is 4.75. The number of aryl methyl sites for hydroxylation is 2. The maximum atomic E-state index is 13.0. The van der Waals surface area contributed by atoms with Crippen LogP contribution >= 0.6 is 0 Å². The number of hydrogen-bond acceptors (Lipinski definition) is 4. The van der Waals surface area contributed by atoms with Crippen LogP contribution in [-0.4, -0.2) is 58.0 Å². The molecule has 3 rings (SSSR count). The topological polar surface area (TPSA) is 66.4 Å². The van der Waals surface area contributed by atoms with Crippen molar-refractivity contribution >= 4 is 11.8 Å². The summed E-state index contributed by atoms with van der Waals surface area (Å²) in [5, 5.41) is 8.20. The Morgan fingerprint density at radius 3 is 2.91 bits per heavy atom. The Labute approximate surface area is 130 Å². The molecule has 2 aliphatic heterocycles. The normalized spacial score (nSPS) is 24.6. The molecule has 2 atom stereocenters. The maximum absolute atomic E-state index is 13.0. The third kappa shape index (κ3) is 2.36. The molecule has 0 radical (unpaired) electrons. The standard InChI is InChI=1S/C16H22N4O2/c1-4-13-12(8-10(2)17-18-13)16(22)20-7-5-6-11-14(20)9-19(3)15(11)21/h8,11,14H,4-7,9H2,1-3H3/t11-,14-/m1/s1. The Bertz CT molecular complexity index is 616. The highest BCUT2D eigenvalue weighted by atomic mass is 16.2. The highest BCUT2D eigenvalue weighted by molar-refractivity contribution is 5.96. The van der Waals surface area contributed by atoms with Crippen molar-refractivity contribution in [1.82, 2.24) is 20.0 Å². The summed E-state index contributed by atoms with van der Waals surface area (Å²) in [6.07, 6.45) is 2.44. The fraction of sp³-hybridized carbons (Fsp3) is 0.625. The number of nitrogens with zero attached hydrogens (tertiary/aromatic N) is 4. The van der Waals surface area contributed by atoms with Crippen LogP contribution in [0.25, 0.3) is 0 Å². The third-order valence-corrected chi connectivity index (χ3v) is 4.75. The second kappa shape index (κ2) is 5.66. The van der Waals surface area contributed by atoms with Crippen molar-refractivity contribution in [2.24, 2.45) is 5.92 Å². The number of aromatic nitrogens is 2. The molecule has 0 spiro atoms. The van der Waals surface area contributed by atoms with E-state index < -0.39 is 0 Å². The molecule has 0 N–H and O–H groups in total. The van der Waals surface area contributed by atoms with Gasteiger partial charge >= 0.3 is 0 Å². The average molecular weight is 302 g/mol. The van der Waals surface area contributed by atoms with Gasteiger partial charge in [-0.25, -0.2) is 0 Å². The lowest BCUT2D eigenvalue weighted by atomic mass is 9.90. The van der Waals surface area contributed by atoms with Crippen molar-refractivity contribution in [3.8, 4) is 0 Å². The molecule has 6 heteroatoms. The first-order chi connectivity index (χ1) is 10.5. The predicted octanol–water partition coefficient (Wildman–Crippen LogP) is 1.04. The first-order valence-corrected chi connectivity index (χ1v) is 7.92. The fourth-order valence-electron chi connectivity index (χ4n) is 3.59. The molecule has 1 aromatic rings. The van der Waals surface area contributed by atoms with Crippen LogP contribution in [0.5, 0.6) is 0 Å². The molecule has 0 unspecified atom stereocenters. The van der Waals surface area contributed by atoms with Crippen molar-refractivity contribution in [2.75, 3.05) is 20.1 Å². The second-order valence-corrected chi connectivity index (χ2v) is 6.23. The Morgan fingerprint density at radius 1 is 1.41 bits per heavy atom.